The molecule has 0 aromatic heterocycles. The zero-order valence-corrected chi connectivity index (χ0v) is 14.5. The van der Waals surface area contributed by atoms with Gasteiger partial charge >= 0.3 is 0 Å². The van der Waals surface area contributed by atoms with Gasteiger partial charge in [0, 0.05) is 10.2 Å². The zero-order valence-electron chi connectivity index (χ0n) is 12.5. The molecule has 1 nitrogen and oxygen atoms in total. The summed E-state index contributed by atoms with van der Waals surface area (Å²) < 4.78 is 0. The maximum Gasteiger partial charge on any atom is 0.0952 e. The van der Waals surface area contributed by atoms with Gasteiger partial charge in [-0.1, -0.05) is 30.3 Å². The third-order valence-electron chi connectivity index (χ3n) is 6.34. The average Bonchev–Trinajstić information content (AvgIpc) is 2.45. The fourth-order valence-corrected chi connectivity index (χ4v) is 6.18. The Morgan fingerprint density at radius 3 is 2.00 bits per heavy atom. The van der Waals surface area contributed by atoms with Crippen molar-refractivity contribution >= 4 is 10.2 Å². The molecule has 4 bridgehead atoms. The third-order valence-corrected chi connectivity index (χ3v) is 6.84. The average molecular weight is 286 g/mol. The van der Waals surface area contributed by atoms with Crippen LogP contribution in [0.15, 0.2) is 24.3 Å². The van der Waals surface area contributed by atoms with E-state index in [4.69, 9.17) is 0 Å². The molecule has 0 spiro atoms. The number of benzene rings is 1. The van der Waals surface area contributed by atoms with E-state index in [1.807, 2.05) is 0 Å². The van der Waals surface area contributed by atoms with E-state index >= 15 is 0 Å². The molecule has 1 aromatic carbocycles. The second kappa shape index (κ2) is 4.71. The van der Waals surface area contributed by atoms with Crippen molar-refractivity contribution in [2.24, 2.45) is 23.7 Å². The predicted molar refractivity (Wildman–Crippen MR) is 85.8 cm³/mol. The van der Waals surface area contributed by atoms with Crippen LogP contribution in [0.25, 0.3) is 0 Å². The molecule has 0 atom stereocenters. The van der Waals surface area contributed by atoms with E-state index in [0.717, 1.165) is 11.8 Å². The highest BCUT2D eigenvalue weighted by atomic mass is 28.1. The van der Waals surface area contributed by atoms with E-state index in [-0.39, 0.29) is 0 Å². The highest BCUT2D eigenvalue weighted by molar-refractivity contribution is 6.08. The topological polar surface area (TPSA) is 20.2 Å². The Morgan fingerprint density at radius 2 is 1.50 bits per heavy atom. The first-order valence-electron chi connectivity index (χ1n) is 8.52. The number of aryl methyl sites for hydroxylation is 1. The van der Waals surface area contributed by atoms with Gasteiger partial charge in [-0.05, 0) is 73.3 Å². The highest BCUT2D eigenvalue weighted by Gasteiger charge is 2.57. The first kappa shape index (κ1) is 13.1. The summed E-state index contributed by atoms with van der Waals surface area (Å²) in [6, 6.07) is 10.3. The Kier molecular flexibility index (Phi) is 3.08. The lowest BCUT2D eigenvalue weighted by Gasteiger charge is -2.59. The van der Waals surface area contributed by atoms with E-state index in [2.05, 4.69) is 24.3 Å². The Bertz CT molecular complexity index is 465. The zero-order chi connectivity index (χ0) is 13.7. The molecule has 1 aromatic rings. The molecule has 4 aliphatic carbocycles. The Morgan fingerprint density at radius 1 is 0.950 bits per heavy atom. The summed E-state index contributed by atoms with van der Waals surface area (Å²) in [5, 5.41) is 11.5. The molecule has 108 valence electrons. The molecule has 0 saturated heterocycles. The van der Waals surface area contributed by atoms with Crippen LogP contribution in [-0.4, -0.2) is 15.3 Å². The van der Waals surface area contributed by atoms with Crippen molar-refractivity contribution in [1.29, 1.82) is 0 Å². The molecule has 2 heteroatoms. The van der Waals surface area contributed by atoms with Gasteiger partial charge in [-0.2, -0.15) is 0 Å². The molecule has 4 fully saturated rings. The fraction of sp³-hybridized carbons (Fsp3) is 0.667. The summed E-state index contributed by atoms with van der Waals surface area (Å²) >= 11 is 0. The predicted octanol–water partition coefficient (Wildman–Crippen LogP) is 2.66. The van der Waals surface area contributed by atoms with Crippen LogP contribution in [0.4, 0.5) is 0 Å². The maximum absolute atomic E-state index is 11.5. The Balaban J connectivity index is 1.66. The molecule has 4 aliphatic rings. The van der Waals surface area contributed by atoms with Crippen LogP contribution in [0.3, 0.4) is 0 Å². The van der Waals surface area contributed by atoms with E-state index in [0.29, 0.717) is 11.8 Å². The van der Waals surface area contributed by atoms with Gasteiger partial charge in [0.15, 0.2) is 0 Å². The molecular formula is C18H26OSi. The van der Waals surface area contributed by atoms with E-state index in [9.17, 15) is 5.11 Å². The van der Waals surface area contributed by atoms with Gasteiger partial charge in [-0.3, -0.25) is 0 Å². The van der Waals surface area contributed by atoms with Gasteiger partial charge in [0.25, 0.3) is 0 Å². The quantitative estimate of drug-likeness (QED) is 0.847. The monoisotopic (exact) mass is 286 g/mol. The van der Waals surface area contributed by atoms with Crippen LogP contribution in [-0.2, 0) is 12.0 Å². The summed E-state index contributed by atoms with van der Waals surface area (Å²) in [7, 11) is 1.28. The van der Waals surface area contributed by atoms with Gasteiger partial charge in [-0.25, -0.2) is 0 Å². The summed E-state index contributed by atoms with van der Waals surface area (Å²) in [5.41, 5.74) is 2.15. The van der Waals surface area contributed by atoms with Crippen molar-refractivity contribution in [2.75, 3.05) is 0 Å². The van der Waals surface area contributed by atoms with Gasteiger partial charge in [0.1, 0.15) is 0 Å². The van der Waals surface area contributed by atoms with Crippen LogP contribution in [0, 0.1) is 23.7 Å². The second-order valence-electron chi connectivity index (χ2n) is 7.58. The first-order chi connectivity index (χ1) is 9.70. The van der Waals surface area contributed by atoms with Crippen LogP contribution in [0.2, 0.25) is 6.04 Å². The van der Waals surface area contributed by atoms with E-state index in [1.165, 1.54) is 65.9 Å². The number of hydrogen-bond acceptors (Lipinski definition) is 1. The van der Waals surface area contributed by atoms with Gasteiger partial charge in [0.05, 0.1) is 5.60 Å². The minimum atomic E-state index is -0.507. The van der Waals surface area contributed by atoms with Crippen molar-refractivity contribution < 1.29 is 5.11 Å². The second-order valence-corrected chi connectivity index (χ2v) is 8.58. The normalized spacial score (nSPS) is 42.2. The summed E-state index contributed by atoms with van der Waals surface area (Å²) in [6.07, 6.45) is 7.74. The standard InChI is InChI=1S/C18H26OSi/c19-18(15-3-1-12(2-4-15)5-6-20)16-8-13-7-14(10-16)11-17(18)9-13/h1-4,13-14,16-17,19H,5-11H2,20H3. The minimum absolute atomic E-state index is 0.507. The molecule has 0 amide bonds. The highest BCUT2D eigenvalue weighted by Crippen LogP contribution is 2.61. The number of rotatable bonds is 3. The Labute approximate surface area is 125 Å². The number of aliphatic hydroxyl groups is 1. The van der Waals surface area contributed by atoms with Gasteiger partial charge < -0.3 is 5.11 Å². The van der Waals surface area contributed by atoms with E-state index < -0.39 is 5.60 Å². The summed E-state index contributed by atoms with van der Waals surface area (Å²) in [4.78, 5) is 0. The van der Waals surface area contributed by atoms with E-state index in [1.54, 1.807) is 0 Å². The molecule has 1 N–H and O–H groups in total. The molecule has 0 radical (unpaired) electrons. The van der Waals surface area contributed by atoms with Crippen LogP contribution < -0.4 is 0 Å². The lowest BCUT2D eigenvalue weighted by atomic mass is 9.48. The molecule has 4 saturated carbocycles. The lowest BCUT2D eigenvalue weighted by molar-refractivity contribution is -0.179. The first-order valence-corrected chi connectivity index (χ1v) is 9.93. The van der Waals surface area contributed by atoms with Crippen molar-refractivity contribution in [2.45, 2.75) is 50.2 Å². The van der Waals surface area contributed by atoms with Gasteiger partial charge in [0.2, 0.25) is 0 Å². The molecular weight excluding hydrogens is 260 g/mol. The molecule has 0 aliphatic heterocycles. The minimum Gasteiger partial charge on any atom is -0.385 e. The third kappa shape index (κ3) is 1.84. The fourth-order valence-electron chi connectivity index (χ4n) is 5.60. The van der Waals surface area contributed by atoms with Crippen LogP contribution in [0.1, 0.15) is 43.2 Å². The van der Waals surface area contributed by atoms with Crippen LogP contribution in [0.5, 0.6) is 0 Å². The maximum atomic E-state index is 11.5. The van der Waals surface area contributed by atoms with Crippen molar-refractivity contribution in [3.05, 3.63) is 35.4 Å². The molecule has 20 heavy (non-hydrogen) atoms. The summed E-state index contributed by atoms with van der Waals surface area (Å²) in [6.45, 7) is 0. The lowest BCUT2D eigenvalue weighted by Crippen LogP contribution is -2.55. The molecule has 0 heterocycles. The van der Waals surface area contributed by atoms with Crippen molar-refractivity contribution in [3.8, 4) is 0 Å². The van der Waals surface area contributed by atoms with Gasteiger partial charge in [-0.15, -0.1) is 0 Å². The smallest absolute Gasteiger partial charge is 0.0952 e. The molecule has 0 unspecified atom stereocenters. The summed E-state index contributed by atoms with van der Waals surface area (Å²) in [5.74, 6) is 2.90. The molecule has 5 rings (SSSR count). The largest absolute Gasteiger partial charge is 0.385 e. The number of hydrogen-bond donors (Lipinski definition) is 1. The van der Waals surface area contributed by atoms with Crippen molar-refractivity contribution in [3.63, 3.8) is 0 Å². The van der Waals surface area contributed by atoms with Crippen LogP contribution >= 0.6 is 0 Å². The SMILES string of the molecule is OC1(c2ccc(CC[SiH3])cc2)C2CC3CC(C2)CC1C3. The van der Waals surface area contributed by atoms with Crippen molar-refractivity contribution in [1.82, 2.24) is 0 Å². The Hall–Kier alpha value is -0.603.